The van der Waals surface area contributed by atoms with Gasteiger partial charge in [-0.1, -0.05) is 19.3 Å². The minimum absolute atomic E-state index is 0.0628. The van der Waals surface area contributed by atoms with Crippen molar-refractivity contribution in [1.82, 2.24) is 10.2 Å². The summed E-state index contributed by atoms with van der Waals surface area (Å²) >= 11 is 0. The number of methoxy groups -OCH3 is 2. The molecule has 146 valence electrons. The molecule has 27 heavy (non-hydrogen) atoms. The molecule has 1 heterocycles. The fraction of sp³-hybridized carbons (Fsp3) is 0.619. The fourth-order valence-electron chi connectivity index (χ4n) is 4.38. The van der Waals surface area contributed by atoms with Crippen LogP contribution in [0.3, 0.4) is 0 Å². The van der Waals surface area contributed by atoms with Crippen LogP contribution >= 0.6 is 0 Å². The number of nitrogens with zero attached hydrogens (tertiary/aromatic N) is 2. The molecule has 6 heteroatoms. The summed E-state index contributed by atoms with van der Waals surface area (Å²) in [5.74, 6) is 1.54. The van der Waals surface area contributed by atoms with Gasteiger partial charge in [0, 0.05) is 11.6 Å². The summed E-state index contributed by atoms with van der Waals surface area (Å²) in [5.41, 5.74) is 0.368. The number of rotatable bonds is 6. The van der Waals surface area contributed by atoms with E-state index in [2.05, 4.69) is 16.3 Å². The predicted octanol–water partition coefficient (Wildman–Crippen LogP) is 3.18. The molecule has 1 atom stereocenters. The van der Waals surface area contributed by atoms with Crippen LogP contribution in [0.4, 0.5) is 0 Å². The number of likely N-dealkylation sites (tertiary alicyclic amines) is 1. The van der Waals surface area contributed by atoms with Gasteiger partial charge >= 0.3 is 0 Å². The molecule has 1 unspecified atom stereocenters. The van der Waals surface area contributed by atoms with E-state index in [1.165, 1.54) is 0 Å². The molecule has 3 rings (SSSR count). The van der Waals surface area contributed by atoms with Crippen LogP contribution in [0.25, 0.3) is 0 Å². The summed E-state index contributed by atoms with van der Waals surface area (Å²) in [6.45, 7) is 1.16. The molecule has 1 aliphatic heterocycles. The average molecular weight is 371 g/mol. The summed E-state index contributed by atoms with van der Waals surface area (Å²) in [7, 11) is 3.31. The summed E-state index contributed by atoms with van der Waals surface area (Å²) < 4.78 is 10.9. The molecular formula is C21H29N3O3. The van der Waals surface area contributed by atoms with Crippen molar-refractivity contribution in [2.45, 2.75) is 56.5 Å². The molecule has 1 amide bonds. The molecule has 0 aromatic heterocycles. The Labute approximate surface area is 161 Å². The molecule has 0 radical (unpaired) electrons. The second kappa shape index (κ2) is 8.62. The largest absolute Gasteiger partial charge is 0.497 e. The van der Waals surface area contributed by atoms with Gasteiger partial charge < -0.3 is 14.8 Å². The van der Waals surface area contributed by atoms with Crippen LogP contribution in [-0.4, -0.2) is 43.7 Å². The van der Waals surface area contributed by atoms with Crippen LogP contribution in [0.15, 0.2) is 18.2 Å². The number of hydrogen-bond acceptors (Lipinski definition) is 5. The monoisotopic (exact) mass is 371 g/mol. The van der Waals surface area contributed by atoms with E-state index in [4.69, 9.17) is 9.47 Å². The first-order valence-corrected chi connectivity index (χ1v) is 9.79. The van der Waals surface area contributed by atoms with E-state index in [1.54, 1.807) is 14.2 Å². The Bertz CT molecular complexity index is 707. The van der Waals surface area contributed by atoms with Gasteiger partial charge in [-0.3, -0.25) is 9.69 Å². The van der Waals surface area contributed by atoms with E-state index in [9.17, 15) is 10.1 Å². The summed E-state index contributed by atoms with van der Waals surface area (Å²) in [6.07, 6.45) is 6.65. The molecule has 0 bridgehead atoms. The number of benzene rings is 1. The van der Waals surface area contributed by atoms with Gasteiger partial charge in [-0.25, -0.2) is 0 Å². The number of amides is 1. The molecule has 0 spiro atoms. The zero-order chi connectivity index (χ0) is 19.3. The van der Waals surface area contributed by atoms with Crippen molar-refractivity contribution in [2.75, 3.05) is 27.3 Å². The van der Waals surface area contributed by atoms with Crippen LogP contribution < -0.4 is 14.8 Å². The van der Waals surface area contributed by atoms with E-state index in [0.717, 1.165) is 68.6 Å². The van der Waals surface area contributed by atoms with Crippen LogP contribution in [0, 0.1) is 11.3 Å². The van der Waals surface area contributed by atoms with Crippen molar-refractivity contribution in [3.05, 3.63) is 23.8 Å². The van der Waals surface area contributed by atoms with E-state index in [0.29, 0.717) is 6.54 Å². The van der Waals surface area contributed by atoms with E-state index < -0.39 is 5.54 Å². The normalized spacial score (nSPS) is 22.0. The van der Waals surface area contributed by atoms with Crippen LogP contribution in [0.5, 0.6) is 11.5 Å². The molecule has 1 saturated heterocycles. The number of hydrogen-bond donors (Lipinski definition) is 1. The van der Waals surface area contributed by atoms with Gasteiger partial charge in [0.05, 0.1) is 26.8 Å². The quantitative estimate of drug-likeness (QED) is 0.831. The Hall–Kier alpha value is -2.26. The third-order valence-electron chi connectivity index (χ3n) is 5.81. The summed E-state index contributed by atoms with van der Waals surface area (Å²) in [5, 5.41) is 12.6. The fourth-order valence-corrected chi connectivity index (χ4v) is 4.38. The molecule has 2 aliphatic rings. The lowest BCUT2D eigenvalue weighted by Crippen LogP contribution is -2.51. The van der Waals surface area contributed by atoms with Gasteiger partial charge in [0.25, 0.3) is 0 Å². The van der Waals surface area contributed by atoms with Crippen LogP contribution in [0.2, 0.25) is 0 Å². The van der Waals surface area contributed by atoms with Crippen LogP contribution in [0.1, 0.15) is 56.6 Å². The van der Waals surface area contributed by atoms with Crippen molar-refractivity contribution in [1.29, 1.82) is 5.26 Å². The second-order valence-electron chi connectivity index (χ2n) is 7.54. The molecule has 1 aromatic rings. The van der Waals surface area contributed by atoms with E-state index in [1.807, 2.05) is 18.2 Å². The highest BCUT2D eigenvalue weighted by Crippen LogP contribution is 2.38. The summed E-state index contributed by atoms with van der Waals surface area (Å²) in [6, 6.07) is 8.27. The standard InChI is InChI=1S/C21H29N3O3/c1-26-16-8-9-19(27-2)17(13-16)18-7-6-12-24(18)14-20(25)23-21(15-22)10-4-3-5-11-21/h8-9,13,18H,3-7,10-12,14H2,1-2H3,(H,23,25). The summed E-state index contributed by atoms with van der Waals surface area (Å²) in [4.78, 5) is 14.9. The van der Waals surface area contributed by atoms with Crippen molar-refractivity contribution in [3.8, 4) is 17.6 Å². The number of carbonyl (C=O) groups excluding carboxylic acids is 1. The van der Waals surface area contributed by atoms with Gasteiger partial charge in [-0.05, 0) is 50.4 Å². The molecule has 6 nitrogen and oxygen atoms in total. The van der Waals surface area contributed by atoms with E-state index in [-0.39, 0.29) is 11.9 Å². The topological polar surface area (TPSA) is 74.6 Å². The highest BCUT2D eigenvalue weighted by molar-refractivity contribution is 5.79. The maximum Gasteiger partial charge on any atom is 0.235 e. The third-order valence-corrected chi connectivity index (χ3v) is 5.81. The maximum absolute atomic E-state index is 12.7. The SMILES string of the molecule is COc1ccc(OC)c(C2CCCN2CC(=O)NC2(C#N)CCCCC2)c1. The number of nitrogens with one attached hydrogen (secondary N) is 1. The van der Waals surface area contributed by atoms with Gasteiger partial charge in [-0.15, -0.1) is 0 Å². The Kier molecular flexibility index (Phi) is 6.22. The Balaban J connectivity index is 1.71. The van der Waals surface area contributed by atoms with Gasteiger partial charge in [0.2, 0.25) is 5.91 Å². The van der Waals surface area contributed by atoms with Crippen molar-refractivity contribution < 1.29 is 14.3 Å². The lowest BCUT2D eigenvalue weighted by atomic mass is 9.83. The average Bonchev–Trinajstić information content (AvgIpc) is 3.15. The molecule has 1 aromatic carbocycles. The lowest BCUT2D eigenvalue weighted by molar-refractivity contribution is -0.124. The lowest BCUT2D eigenvalue weighted by Gasteiger charge is -2.33. The van der Waals surface area contributed by atoms with Gasteiger partial charge in [0.15, 0.2) is 0 Å². The van der Waals surface area contributed by atoms with Gasteiger partial charge in [0.1, 0.15) is 17.0 Å². The Morgan fingerprint density at radius 1 is 1.26 bits per heavy atom. The molecule has 1 aliphatic carbocycles. The van der Waals surface area contributed by atoms with Crippen molar-refractivity contribution in [2.24, 2.45) is 0 Å². The van der Waals surface area contributed by atoms with E-state index >= 15 is 0 Å². The zero-order valence-electron chi connectivity index (χ0n) is 16.3. The minimum atomic E-state index is -0.682. The third kappa shape index (κ3) is 4.36. The minimum Gasteiger partial charge on any atom is -0.497 e. The Morgan fingerprint density at radius 3 is 2.70 bits per heavy atom. The maximum atomic E-state index is 12.7. The highest BCUT2D eigenvalue weighted by atomic mass is 16.5. The van der Waals surface area contributed by atoms with Crippen molar-refractivity contribution in [3.63, 3.8) is 0 Å². The zero-order valence-corrected chi connectivity index (χ0v) is 16.3. The molecule has 1 saturated carbocycles. The first-order valence-electron chi connectivity index (χ1n) is 9.79. The van der Waals surface area contributed by atoms with Crippen LogP contribution in [-0.2, 0) is 4.79 Å². The van der Waals surface area contributed by atoms with Crippen molar-refractivity contribution >= 4 is 5.91 Å². The molecule has 1 N–H and O–H groups in total. The first-order chi connectivity index (χ1) is 13.1. The molecular weight excluding hydrogens is 342 g/mol. The number of carbonyl (C=O) groups is 1. The second-order valence-corrected chi connectivity index (χ2v) is 7.54. The molecule has 2 fully saturated rings. The smallest absolute Gasteiger partial charge is 0.235 e. The first kappa shape index (κ1) is 19.5. The number of nitriles is 1. The highest BCUT2D eigenvalue weighted by Gasteiger charge is 2.35. The Morgan fingerprint density at radius 2 is 2.04 bits per heavy atom. The van der Waals surface area contributed by atoms with Gasteiger partial charge in [-0.2, -0.15) is 5.26 Å². The predicted molar refractivity (Wildman–Crippen MR) is 103 cm³/mol. The number of ether oxygens (including phenoxy) is 2.